The standard InChI is InChI=1S/C14H13BrN2O4/c15-11-5-9-3-4-20-14(9)10(6-11)7-16-8-12-1-2-13(21-12)17(18)19/h1-2,5-6,16H,3-4,7-8H2. The Balaban J connectivity index is 1.64. The van der Waals surface area contributed by atoms with Crippen molar-refractivity contribution in [2.75, 3.05) is 6.61 Å². The molecule has 1 aromatic heterocycles. The van der Waals surface area contributed by atoms with E-state index in [4.69, 9.17) is 9.15 Å². The molecule has 7 heteroatoms. The molecule has 1 aliphatic rings. The largest absolute Gasteiger partial charge is 0.493 e. The molecule has 0 saturated carbocycles. The highest BCUT2D eigenvalue weighted by Gasteiger charge is 2.17. The third kappa shape index (κ3) is 3.08. The average molecular weight is 353 g/mol. The number of furan rings is 1. The van der Waals surface area contributed by atoms with Crippen LogP contribution in [0.15, 0.2) is 33.2 Å². The van der Waals surface area contributed by atoms with Gasteiger partial charge in [-0.15, -0.1) is 0 Å². The van der Waals surface area contributed by atoms with Crippen LogP contribution < -0.4 is 10.1 Å². The van der Waals surface area contributed by atoms with Gasteiger partial charge < -0.3 is 14.5 Å². The SMILES string of the molecule is O=[N+]([O-])c1ccc(CNCc2cc(Br)cc3c2OCC3)o1. The van der Waals surface area contributed by atoms with Crippen molar-refractivity contribution in [3.63, 3.8) is 0 Å². The highest BCUT2D eigenvalue weighted by atomic mass is 79.9. The van der Waals surface area contributed by atoms with Crippen LogP contribution in [0.3, 0.4) is 0 Å². The molecule has 1 aliphatic heterocycles. The van der Waals surface area contributed by atoms with Crippen LogP contribution in [0.1, 0.15) is 16.9 Å². The van der Waals surface area contributed by atoms with Gasteiger partial charge in [0.15, 0.2) is 0 Å². The molecule has 0 aliphatic carbocycles. The molecule has 0 radical (unpaired) electrons. The van der Waals surface area contributed by atoms with Gasteiger partial charge in [-0.25, -0.2) is 0 Å². The minimum absolute atomic E-state index is 0.238. The first-order valence-electron chi connectivity index (χ1n) is 6.51. The number of nitrogens with one attached hydrogen (secondary N) is 1. The van der Waals surface area contributed by atoms with Crippen LogP contribution in [-0.4, -0.2) is 11.5 Å². The molecule has 2 aromatic rings. The van der Waals surface area contributed by atoms with E-state index in [1.165, 1.54) is 11.6 Å². The zero-order valence-corrected chi connectivity index (χ0v) is 12.7. The summed E-state index contributed by atoms with van der Waals surface area (Å²) in [5.74, 6) is 1.24. The number of hydrogen-bond acceptors (Lipinski definition) is 5. The molecule has 3 rings (SSSR count). The Morgan fingerprint density at radius 3 is 2.95 bits per heavy atom. The summed E-state index contributed by atoms with van der Waals surface area (Å²) in [7, 11) is 0. The zero-order chi connectivity index (χ0) is 14.8. The average Bonchev–Trinajstić information content (AvgIpc) is 3.06. The van der Waals surface area contributed by atoms with Crippen LogP contribution in [0.25, 0.3) is 0 Å². The van der Waals surface area contributed by atoms with Crippen molar-refractivity contribution < 1.29 is 14.1 Å². The first-order chi connectivity index (χ1) is 10.1. The first kappa shape index (κ1) is 14.1. The van der Waals surface area contributed by atoms with Crippen molar-refractivity contribution in [2.24, 2.45) is 0 Å². The van der Waals surface area contributed by atoms with E-state index < -0.39 is 4.92 Å². The monoisotopic (exact) mass is 352 g/mol. The Hall–Kier alpha value is -1.86. The third-order valence-corrected chi connectivity index (χ3v) is 3.73. The number of nitro groups is 1. The predicted octanol–water partition coefficient (Wildman–Crippen LogP) is 3.18. The molecule has 1 N–H and O–H groups in total. The van der Waals surface area contributed by atoms with Gasteiger partial charge in [0.25, 0.3) is 0 Å². The van der Waals surface area contributed by atoms with Gasteiger partial charge in [0.05, 0.1) is 19.2 Å². The van der Waals surface area contributed by atoms with Crippen LogP contribution in [0, 0.1) is 10.1 Å². The van der Waals surface area contributed by atoms with E-state index in [0.717, 1.165) is 22.2 Å². The number of rotatable bonds is 5. The lowest BCUT2D eigenvalue weighted by Gasteiger charge is -2.09. The van der Waals surface area contributed by atoms with Crippen molar-refractivity contribution >= 4 is 21.8 Å². The highest BCUT2D eigenvalue weighted by molar-refractivity contribution is 9.10. The second kappa shape index (κ2) is 5.87. The summed E-state index contributed by atoms with van der Waals surface area (Å²) in [6.07, 6.45) is 0.923. The third-order valence-electron chi connectivity index (χ3n) is 3.27. The Labute approximate surface area is 129 Å². The summed E-state index contributed by atoms with van der Waals surface area (Å²) >= 11 is 3.50. The number of benzene rings is 1. The van der Waals surface area contributed by atoms with Crippen LogP contribution in [0.5, 0.6) is 5.75 Å². The van der Waals surface area contributed by atoms with Crippen molar-refractivity contribution in [3.8, 4) is 5.75 Å². The fourth-order valence-corrected chi connectivity index (χ4v) is 2.91. The van der Waals surface area contributed by atoms with Crippen molar-refractivity contribution in [2.45, 2.75) is 19.5 Å². The zero-order valence-electron chi connectivity index (χ0n) is 11.1. The van der Waals surface area contributed by atoms with E-state index in [1.54, 1.807) is 6.07 Å². The molecule has 0 atom stereocenters. The number of nitrogens with zero attached hydrogens (tertiary/aromatic N) is 1. The van der Waals surface area contributed by atoms with Gasteiger partial charge in [-0.3, -0.25) is 10.1 Å². The smallest absolute Gasteiger partial charge is 0.433 e. The molecule has 0 saturated heterocycles. The minimum atomic E-state index is -0.543. The van der Waals surface area contributed by atoms with Gasteiger partial charge in [0.2, 0.25) is 0 Å². The van der Waals surface area contributed by atoms with E-state index in [1.807, 2.05) is 6.07 Å². The molecule has 0 amide bonds. The number of hydrogen-bond donors (Lipinski definition) is 1. The number of fused-ring (bicyclic) bond motifs is 1. The van der Waals surface area contributed by atoms with Gasteiger partial charge in [0.1, 0.15) is 16.4 Å². The number of halogens is 1. The summed E-state index contributed by atoms with van der Waals surface area (Å²) < 4.78 is 11.8. The fraction of sp³-hybridized carbons (Fsp3) is 0.286. The Kier molecular flexibility index (Phi) is 3.94. The quantitative estimate of drug-likeness (QED) is 0.660. The molecule has 0 spiro atoms. The van der Waals surface area contributed by atoms with E-state index in [-0.39, 0.29) is 5.88 Å². The summed E-state index contributed by atoms with van der Waals surface area (Å²) in [4.78, 5) is 10.0. The van der Waals surface area contributed by atoms with Gasteiger partial charge in [0, 0.05) is 23.0 Å². The maximum Gasteiger partial charge on any atom is 0.433 e. The molecule has 2 heterocycles. The Morgan fingerprint density at radius 2 is 2.19 bits per heavy atom. The normalized spacial score (nSPS) is 13.0. The van der Waals surface area contributed by atoms with Crippen molar-refractivity contribution in [3.05, 3.63) is 55.7 Å². The van der Waals surface area contributed by atoms with E-state index >= 15 is 0 Å². The van der Waals surface area contributed by atoms with Crippen LogP contribution >= 0.6 is 15.9 Å². The molecular formula is C14H13BrN2O4. The molecule has 0 unspecified atom stereocenters. The topological polar surface area (TPSA) is 77.5 Å². The lowest BCUT2D eigenvalue weighted by Crippen LogP contribution is -2.13. The fourth-order valence-electron chi connectivity index (χ4n) is 2.36. The molecule has 1 aromatic carbocycles. The van der Waals surface area contributed by atoms with Crippen molar-refractivity contribution in [1.29, 1.82) is 0 Å². The van der Waals surface area contributed by atoms with Gasteiger partial charge in [-0.2, -0.15) is 0 Å². The maximum absolute atomic E-state index is 10.5. The van der Waals surface area contributed by atoms with Crippen LogP contribution in [0.4, 0.5) is 5.88 Å². The molecule has 0 bridgehead atoms. The van der Waals surface area contributed by atoms with E-state index in [0.29, 0.717) is 25.5 Å². The first-order valence-corrected chi connectivity index (χ1v) is 7.30. The lowest BCUT2D eigenvalue weighted by atomic mass is 10.1. The molecule has 0 fully saturated rings. The highest BCUT2D eigenvalue weighted by Crippen LogP contribution is 2.32. The number of ether oxygens (including phenoxy) is 1. The lowest BCUT2D eigenvalue weighted by molar-refractivity contribution is -0.402. The molecule has 21 heavy (non-hydrogen) atoms. The van der Waals surface area contributed by atoms with Gasteiger partial charge >= 0.3 is 5.88 Å². The summed E-state index contributed by atoms with van der Waals surface area (Å²) in [6, 6.07) is 7.05. The maximum atomic E-state index is 10.5. The summed E-state index contributed by atoms with van der Waals surface area (Å²) in [5, 5.41) is 13.8. The predicted molar refractivity (Wildman–Crippen MR) is 79.2 cm³/mol. The van der Waals surface area contributed by atoms with Gasteiger partial charge in [-0.1, -0.05) is 15.9 Å². The molecular weight excluding hydrogens is 340 g/mol. The van der Waals surface area contributed by atoms with Crippen LogP contribution in [-0.2, 0) is 19.5 Å². The summed E-state index contributed by atoms with van der Waals surface area (Å²) in [6.45, 7) is 1.74. The molecule has 110 valence electrons. The Morgan fingerprint density at radius 1 is 1.33 bits per heavy atom. The second-order valence-electron chi connectivity index (χ2n) is 4.75. The van der Waals surface area contributed by atoms with Gasteiger partial charge in [-0.05, 0) is 23.8 Å². The van der Waals surface area contributed by atoms with Crippen molar-refractivity contribution in [1.82, 2.24) is 5.32 Å². The second-order valence-corrected chi connectivity index (χ2v) is 5.67. The van der Waals surface area contributed by atoms with E-state index in [9.17, 15) is 10.1 Å². The Bertz CT molecular complexity index is 684. The van der Waals surface area contributed by atoms with Crippen LogP contribution in [0.2, 0.25) is 0 Å². The molecule has 6 nitrogen and oxygen atoms in total. The summed E-state index contributed by atoms with van der Waals surface area (Å²) in [5.41, 5.74) is 2.27. The minimum Gasteiger partial charge on any atom is -0.493 e. The van der Waals surface area contributed by atoms with E-state index in [2.05, 4.69) is 27.3 Å².